The van der Waals surface area contributed by atoms with E-state index in [-0.39, 0.29) is 22.1 Å². The molecule has 1 heterocycles. The molecule has 1 spiro atoms. The summed E-state index contributed by atoms with van der Waals surface area (Å²) < 4.78 is 53.4. The maximum absolute atomic E-state index is 14.6. The van der Waals surface area contributed by atoms with Crippen molar-refractivity contribution >= 4 is 41.0 Å². The van der Waals surface area contributed by atoms with Crippen LogP contribution in [-0.4, -0.2) is 46.8 Å². The van der Waals surface area contributed by atoms with E-state index in [0.717, 1.165) is 17.2 Å². The minimum absolute atomic E-state index is 0.0664. The average molecular weight is 493 g/mol. The number of carbonyl (C=O) groups is 2. The number of hydrogen-bond donors (Lipinski definition) is 1. The number of nitrogens with one attached hydrogen (secondary N) is 1. The van der Waals surface area contributed by atoms with Crippen LogP contribution in [0.5, 0.6) is 0 Å². The molecule has 7 nitrogen and oxygen atoms in total. The van der Waals surface area contributed by atoms with Crippen molar-refractivity contribution in [1.82, 2.24) is 10.2 Å². The molecule has 2 amide bonds. The molecule has 0 unspecified atom stereocenters. The van der Waals surface area contributed by atoms with Crippen molar-refractivity contribution in [3.63, 3.8) is 0 Å². The number of thiocarbonyl (C=S) groups is 1. The zero-order chi connectivity index (χ0) is 25.4. The third kappa shape index (κ3) is 4.07. The van der Waals surface area contributed by atoms with Crippen molar-refractivity contribution in [2.75, 3.05) is 11.9 Å². The number of carbonyl (C=O) groups excluding carboxylic acids is 2. The van der Waals surface area contributed by atoms with Gasteiger partial charge in [0.25, 0.3) is 11.8 Å². The molecule has 1 aromatic rings. The Labute approximate surface area is 198 Å². The van der Waals surface area contributed by atoms with E-state index in [2.05, 4.69) is 16.9 Å². The molecule has 1 aliphatic carbocycles. The lowest BCUT2D eigenvalue weighted by atomic mass is 9.75. The Bertz CT molecular complexity index is 1190. The van der Waals surface area contributed by atoms with E-state index in [1.165, 1.54) is 30.1 Å². The van der Waals surface area contributed by atoms with E-state index in [0.29, 0.717) is 26.2 Å². The Morgan fingerprint density at radius 2 is 2.03 bits per heavy atom. The van der Waals surface area contributed by atoms with Gasteiger partial charge in [0, 0.05) is 12.7 Å². The molecular weight excluding hydrogens is 474 g/mol. The van der Waals surface area contributed by atoms with Crippen molar-refractivity contribution in [1.29, 1.82) is 5.26 Å². The van der Waals surface area contributed by atoms with Crippen LogP contribution in [0.15, 0.2) is 46.7 Å². The first kappa shape index (κ1) is 25.0. The summed E-state index contributed by atoms with van der Waals surface area (Å²) in [4.78, 5) is 31.2. The lowest BCUT2D eigenvalue weighted by molar-refractivity contribution is -0.131. The molecule has 3 rings (SSSR count). The highest BCUT2D eigenvalue weighted by Gasteiger charge is 2.59. The molecule has 34 heavy (non-hydrogen) atoms. The minimum atomic E-state index is -4.75. The van der Waals surface area contributed by atoms with E-state index < -0.39 is 40.6 Å². The number of amides is 2. The van der Waals surface area contributed by atoms with Crippen molar-refractivity contribution in [2.24, 2.45) is 4.99 Å². The largest absolute Gasteiger partial charge is 0.415 e. The van der Waals surface area contributed by atoms with E-state index in [4.69, 9.17) is 17.5 Å². The molecule has 0 bridgehead atoms. The van der Waals surface area contributed by atoms with Crippen LogP contribution in [0, 0.1) is 17.1 Å². The van der Waals surface area contributed by atoms with Gasteiger partial charge in [-0.3, -0.25) is 14.5 Å². The Balaban J connectivity index is 1.97. The van der Waals surface area contributed by atoms with Gasteiger partial charge in [-0.1, -0.05) is 6.58 Å². The maximum Gasteiger partial charge on any atom is 0.415 e. The molecule has 178 valence electrons. The van der Waals surface area contributed by atoms with Gasteiger partial charge in [0.15, 0.2) is 5.11 Å². The van der Waals surface area contributed by atoms with Crippen LogP contribution >= 0.6 is 12.2 Å². The number of nitrogens with zero attached hydrogens (tertiary/aromatic N) is 4. The number of allylic oxidation sites excluding steroid dienone is 3. The molecule has 1 saturated heterocycles. The van der Waals surface area contributed by atoms with Crippen molar-refractivity contribution in [3.05, 3.63) is 53.1 Å². The number of benzene rings is 1. The zero-order valence-corrected chi connectivity index (χ0v) is 19.0. The second-order valence-electron chi connectivity index (χ2n) is 7.72. The van der Waals surface area contributed by atoms with Gasteiger partial charge in [-0.05, 0) is 56.6 Å². The Morgan fingerprint density at radius 3 is 2.50 bits per heavy atom. The molecule has 2 fully saturated rings. The molecule has 2 aliphatic rings. The Morgan fingerprint density at radius 1 is 1.38 bits per heavy atom. The number of anilines is 1. The molecule has 0 radical (unpaired) electrons. The fourth-order valence-corrected chi connectivity index (χ4v) is 4.22. The van der Waals surface area contributed by atoms with Gasteiger partial charge in [0.05, 0.1) is 23.0 Å². The summed E-state index contributed by atoms with van der Waals surface area (Å²) in [6.07, 6.45) is -2.38. The summed E-state index contributed by atoms with van der Waals surface area (Å²) >= 11 is 5.47. The number of halogens is 4. The number of hydrogen-bond acceptors (Lipinski definition) is 5. The molecule has 0 aromatic heterocycles. The van der Waals surface area contributed by atoms with Crippen LogP contribution in [0.4, 0.5) is 23.2 Å². The fourth-order valence-electron chi connectivity index (χ4n) is 3.74. The summed E-state index contributed by atoms with van der Waals surface area (Å²) in [6, 6.07) is 5.19. The van der Waals surface area contributed by atoms with Crippen LogP contribution in [-0.2, 0) is 4.79 Å². The number of alkyl halides is 3. The first-order valence-corrected chi connectivity index (χ1v) is 10.4. The molecular formula is C22H19F4N5O2S. The molecule has 1 aliphatic heterocycles. The molecule has 0 atom stereocenters. The van der Waals surface area contributed by atoms with Crippen LogP contribution in [0.25, 0.3) is 0 Å². The van der Waals surface area contributed by atoms with Crippen molar-refractivity contribution in [3.8, 4) is 6.07 Å². The van der Waals surface area contributed by atoms with Crippen molar-refractivity contribution in [2.45, 2.75) is 37.9 Å². The van der Waals surface area contributed by atoms with Crippen LogP contribution in [0.1, 0.15) is 36.5 Å². The SMILES string of the molecule is C=C(C=N/C(C#N)=C(\C)C(F)(F)F)N1C(=O)C2(CCC2)N(c2ccc(C(=O)NC)c(F)c2)C1=S. The first-order chi connectivity index (χ1) is 15.9. The van der Waals surface area contributed by atoms with Crippen molar-refractivity contribution < 1.29 is 27.2 Å². The van der Waals surface area contributed by atoms with Gasteiger partial charge in [0.1, 0.15) is 23.1 Å². The molecule has 1 aromatic carbocycles. The second-order valence-corrected chi connectivity index (χ2v) is 8.08. The highest BCUT2D eigenvalue weighted by atomic mass is 32.1. The Hall–Kier alpha value is -3.59. The predicted octanol–water partition coefficient (Wildman–Crippen LogP) is 3.99. The molecule has 12 heteroatoms. The summed E-state index contributed by atoms with van der Waals surface area (Å²) in [5.74, 6) is -1.91. The van der Waals surface area contributed by atoms with E-state index in [9.17, 15) is 27.2 Å². The minimum Gasteiger partial charge on any atom is -0.355 e. The predicted molar refractivity (Wildman–Crippen MR) is 120 cm³/mol. The summed E-state index contributed by atoms with van der Waals surface area (Å²) in [5.41, 5.74) is -3.28. The first-order valence-electron chi connectivity index (χ1n) is 10.0. The standard InChI is InChI=1S/C22H19F4N5O2S/c1-12(11-29-17(10-27)13(2)22(24,25)26)30-19(33)21(7-4-8-21)31(20(30)34)14-5-6-15(16(23)9-14)18(32)28-3/h5-6,9,11H,1,4,7-8H2,2-3H3,(H,28,32)/b17-13+,29-11?. The number of rotatable bonds is 5. The van der Waals surface area contributed by atoms with E-state index in [1.807, 2.05) is 0 Å². The van der Waals surface area contributed by atoms with Crippen LogP contribution < -0.4 is 10.2 Å². The highest BCUT2D eigenvalue weighted by Crippen LogP contribution is 2.47. The number of aliphatic imine (C=N–C) groups is 1. The van der Waals surface area contributed by atoms with Gasteiger partial charge in [-0.15, -0.1) is 0 Å². The van der Waals surface area contributed by atoms with Crippen LogP contribution in [0.2, 0.25) is 0 Å². The maximum atomic E-state index is 14.6. The average Bonchev–Trinajstić information content (AvgIpc) is 2.99. The van der Waals surface area contributed by atoms with E-state index in [1.54, 1.807) is 0 Å². The van der Waals surface area contributed by atoms with E-state index >= 15 is 0 Å². The summed E-state index contributed by atoms with van der Waals surface area (Å²) in [5, 5.41) is 11.3. The molecule has 1 N–H and O–H groups in total. The lowest BCUT2D eigenvalue weighted by Gasteiger charge is -2.43. The monoisotopic (exact) mass is 493 g/mol. The fraction of sp³-hybridized carbons (Fsp3) is 0.318. The third-order valence-electron chi connectivity index (χ3n) is 5.79. The van der Waals surface area contributed by atoms with Gasteiger partial charge >= 0.3 is 6.18 Å². The quantitative estimate of drug-likeness (QED) is 0.290. The van der Waals surface area contributed by atoms with Crippen LogP contribution in [0.3, 0.4) is 0 Å². The highest BCUT2D eigenvalue weighted by molar-refractivity contribution is 7.80. The van der Waals surface area contributed by atoms with Gasteiger partial charge < -0.3 is 10.2 Å². The zero-order valence-electron chi connectivity index (χ0n) is 18.2. The van der Waals surface area contributed by atoms with Gasteiger partial charge in [-0.25, -0.2) is 9.38 Å². The van der Waals surface area contributed by atoms with Gasteiger partial charge in [0.2, 0.25) is 0 Å². The summed E-state index contributed by atoms with van der Waals surface area (Å²) in [6.45, 7) is 4.40. The topological polar surface area (TPSA) is 88.8 Å². The summed E-state index contributed by atoms with van der Waals surface area (Å²) in [7, 11) is 1.36. The van der Waals surface area contributed by atoms with Gasteiger partial charge in [-0.2, -0.15) is 18.4 Å². The second kappa shape index (κ2) is 8.98. The smallest absolute Gasteiger partial charge is 0.355 e. The number of nitriles is 1. The third-order valence-corrected chi connectivity index (χ3v) is 6.16. The normalized spacial score (nSPS) is 18.1. The molecule has 1 saturated carbocycles. The lowest BCUT2D eigenvalue weighted by Crippen LogP contribution is -2.55. The Kier molecular flexibility index (Phi) is 6.61.